The number of nitrogens with zero attached hydrogens (tertiary/aromatic N) is 1. The van der Waals surface area contributed by atoms with Gasteiger partial charge in [-0.1, -0.05) is 6.07 Å². The van der Waals surface area contributed by atoms with Crippen molar-refractivity contribution in [3.05, 3.63) is 59.7 Å². The molecule has 1 aliphatic heterocycles. The van der Waals surface area contributed by atoms with Gasteiger partial charge in [-0.15, -0.1) is 0 Å². The Bertz CT molecular complexity index is 559. The first-order chi connectivity index (χ1) is 8.74. The van der Waals surface area contributed by atoms with Gasteiger partial charge < -0.3 is 9.84 Å². The normalized spacial score (nSPS) is 22.1. The molecular weight excluding hydrogens is 233 g/mol. The fourth-order valence-corrected chi connectivity index (χ4v) is 2.19. The van der Waals surface area contributed by atoms with Gasteiger partial charge in [-0.3, -0.25) is 4.98 Å². The monoisotopic (exact) mass is 245 g/mol. The van der Waals surface area contributed by atoms with Crippen molar-refractivity contribution >= 4 is 0 Å². The second kappa shape index (κ2) is 4.38. The summed E-state index contributed by atoms with van der Waals surface area (Å²) >= 11 is 0. The minimum Gasteiger partial charge on any atom is -0.485 e. The van der Waals surface area contributed by atoms with Gasteiger partial charge in [-0.05, 0) is 18.2 Å². The number of benzene rings is 1. The number of halogens is 1. The summed E-state index contributed by atoms with van der Waals surface area (Å²) in [5.41, 5.74) is 1.52. The number of hydrogen-bond acceptors (Lipinski definition) is 3. The molecule has 0 amide bonds. The van der Waals surface area contributed by atoms with E-state index in [-0.39, 0.29) is 11.9 Å². The number of aliphatic hydroxyl groups is 1. The molecule has 2 atom stereocenters. The molecule has 0 aliphatic carbocycles. The molecule has 0 bridgehead atoms. The predicted octanol–water partition coefficient (Wildman–Crippen LogP) is 2.78. The van der Waals surface area contributed by atoms with Crippen molar-refractivity contribution in [3.63, 3.8) is 0 Å². The molecule has 1 N–H and O–H groups in total. The smallest absolute Gasteiger partial charge is 0.128 e. The summed E-state index contributed by atoms with van der Waals surface area (Å²) < 4.78 is 18.9. The van der Waals surface area contributed by atoms with Gasteiger partial charge in [-0.2, -0.15) is 0 Å². The highest BCUT2D eigenvalue weighted by molar-refractivity contribution is 5.38. The lowest BCUT2D eigenvalue weighted by Gasteiger charge is -2.29. The maximum absolute atomic E-state index is 13.2. The maximum atomic E-state index is 13.2. The fourth-order valence-electron chi connectivity index (χ4n) is 2.19. The van der Waals surface area contributed by atoms with E-state index >= 15 is 0 Å². The van der Waals surface area contributed by atoms with Crippen molar-refractivity contribution in [1.29, 1.82) is 0 Å². The first-order valence-electron chi connectivity index (χ1n) is 5.78. The number of fused-ring (bicyclic) bond motifs is 1. The molecule has 1 aliphatic rings. The summed E-state index contributed by atoms with van der Waals surface area (Å²) in [6.07, 6.45) is 2.89. The Morgan fingerprint density at radius 3 is 3.00 bits per heavy atom. The van der Waals surface area contributed by atoms with E-state index in [1.807, 2.05) is 12.1 Å². The van der Waals surface area contributed by atoms with Crippen LogP contribution >= 0.6 is 0 Å². The van der Waals surface area contributed by atoms with E-state index in [0.29, 0.717) is 17.7 Å². The lowest BCUT2D eigenvalue weighted by molar-refractivity contribution is 0.0652. The first-order valence-corrected chi connectivity index (χ1v) is 5.78. The lowest BCUT2D eigenvalue weighted by Crippen LogP contribution is -2.19. The topological polar surface area (TPSA) is 42.4 Å². The van der Waals surface area contributed by atoms with Crippen molar-refractivity contribution in [2.75, 3.05) is 0 Å². The Balaban J connectivity index is 1.96. The Morgan fingerprint density at radius 2 is 2.22 bits per heavy atom. The van der Waals surface area contributed by atoms with Crippen LogP contribution in [0.15, 0.2) is 42.7 Å². The Kier molecular flexibility index (Phi) is 2.72. The number of hydrogen-bond donors (Lipinski definition) is 1. The molecule has 0 saturated heterocycles. The molecule has 0 saturated carbocycles. The SMILES string of the molecule is O[C@@H]1CC(c2cccnc2)Oc2cc(F)ccc21. The molecule has 4 heteroatoms. The number of aromatic nitrogens is 1. The zero-order valence-electron chi connectivity index (χ0n) is 9.58. The van der Waals surface area contributed by atoms with Gasteiger partial charge in [0.05, 0.1) is 6.10 Å². The van der Waals surface area contributed by atoms with Crippen LogP contribution in [-0.2, 0) is 0 Å². The molecule has 3 rings (SSSR count). The van der Waals surface area contributed by atoms with Gasteiger partial charge in [0.15, 0.2) is 0 Å². The van der Waals surface area contributed by atoms with Gasteiger partial charge in [-0.25, -0.2) is 4.39 Å². The van der Waals surface area contributed by atoms with Crippen molar-refractivity contribution in [1.82, 2.24) is 4.98 Å². The van der Waals surface area contributed by atoms with Crippen LogP contribution in [-0.4, -0.2) is 10.1 Å². The highest BCUT2D eigenvalue weighted by Gasteiger charge is 2.28. The van der Waals surface area contributed by atoms with Crippen LogP contribution in [0.5, 0.6) is 5.75 Å². The van der Waals surface area contributed by atoms with Crippen molar-refractivity contribution in [2.24, 2.45) is 0 Å². The van der Waals surface area contributed by atoms with Gasteiger partial charge in [0.2, 0.25) is 0 Å². The third-order valence-electron chi connectivity index (χ3n) is 3.10. The Hall–Kier alpha value is -1.94. The summed E-state index contributed by atoms with van der Waals surface area (Å²) in [5.74, 6) is 0.0374. The van der Waals surface area contributed by atoms with Crippen LogP contribution < -0.4 is 4.74 Å². The van der Waals surface area contributed by atoms with Crippen LogP contribution in [0.1, 0.15) is 29.8 Å². The Morgan fingerprint density at radius 1 is 1.33 bits per heavy atom. The highest BCUT2D eigenvalue weighted by Crippen LogP contribution is 2.40. The van der Waals surface area contributed by atoms with Crippen LogP contribution in [0, 0.1) is 5.82 Å². The zero-order valence-corrected chi connectivity index (χ0v) is 9.58. The third-order valence-corrected chi connectivity index (χ3v) is 3.10. The van der Waals surface area contributed by atoms with Gasteiger partial charge >= 0.3 is 0 Å². The molecule has 1 aromatic carbocycles. The van der Waals surface area contributed by atoms with Crippen molar-refractivity contribution in [2.45, 2.75) is 18.6 Å². The minimum atomic E-state index is -0.639. The van der Waals surface area contributed by atoms with Crippen LogP contribution in [0.3, 0.4) is 0 Å². The average molecular weight is 245 g/mol. The van der Waals surface area contributed by atoms with Crippen molar-refractivity contribution in [3.8, 4) is 5.75 Å². The molecule has 0 radical (unpaired) electrons. The molecule has 1 unspecified atom stereocenters. The van der Waals surface area contributed by atoms with Gasteiger partial charge in [0, 0.05) is 36.0 Å². The molecule has 0 fully saturated rings. The van der Waals surface area contributed by atoms with Crippen LogP contribution in [0.2, 0.25) is 0 Å². The summed E-state index contributed by atoms with van der Waals surface area (Å²) in [7, 11) is 0. The molecule has 0 spiro atoms. The van der Waals surface area contributed by atoms with E-state index in [1.165, 1.54) is 12.1 Å². The van der Waals surface area contributed by atoms with E-state index in [1.54, 1.807) is 18.5 Å². The lowest BCUT2D eigenvalue weighted by atomic mass is 9.96. The van der Waals surface area contributed by atoms with Crippen molar-refractivity contribution < 1.29 is 14.2 Å². The maximum Gasteiger partial charge on any atom is 0.128 e. The molecule has 3 nitrogen and oxygen atoms in total. The van der Waals surface area contributed by atoms with E-state index in [4.69, 9.17) is 4.74 Å². The largest absolute Gasteiger partial charge is 0.485 e. The van der Waals surface area contributed by atoms with Crippen LogP contribution in [0.4, 0.5) is 4.39 Å². The van der Waals surface area contributed by atoms with E-state index in [0.717, 1.165) is 5.56 Å². The Labute approximate surface area is 104 Å². The highest BCUT2D eigenvalue weighted by atomic mass is 19.1. The number of pyridine rings is 1. The predicted molar refractivity (Wildman–Crippen MR) is 63.6 cm³/mol. The molecule has 92 valence electrons. The van der Waals surface area contributed by atoms with E-state index < -0.39 is 6.10 Å². The molecule has 1 aromatic heterocycles. The second-order valence-electron chi connectivity index (χ2n) is 4.33. The number of ether oxygens (including phenoxy) is 1. The second-order valence-corrected chi connectivity index (χ2v) is 4.33. The van der Waals surface area contributed by atoms with Gasteiger partial charge in [0.25, 0.3) is 0 Å². The fraction of sp³-hybridized carbons (Fsp3) is 0.214. The van der Waals surface area contributed by atoms with Gasteiger partial charge in [0.1, 0.15) is 17.7 Å². The summed E-state index contributed by atoms with van der Waals surface area (Å²) in [6, 6.07) is 7.90. The molecule has 18 heavy (non-hydrogen) atoms. The third kappa shape index (κ3) is 1.95. The summed E-state index contributed by atoms with van der Waals surface area (Å²) in [5, 5.41) is 10.1. The zero-order chi connectivity index (χ0) is 12.5. The number of rotatable bonds is 1. The minimum absolute atomic E-state index is 0.289. The van der Waals surface area contributed by atoms with E-state index in [2.05, 4.69) is 4.98 Å². The molecule has 2 heterocycles. The summed E-state index contributed by atoms with van der Waals surface area (Å²) in [6.45, 7) is 0. The standard InChI is InChI=1S/C14H12FNO2/c15-10-3-4-11-12(17)7-13(18-14(11)6-10)9-2-1-5-16-8-9/h1-6,8,12-13,17H,7H2/t12-,13?/m1/s1. The first kappa shape index (κ1) is 11.2. The molecular formula is C14H12FNO2. The van der Waals surface area contributed by atoms with E-state index in [9.17, 15) is 9.50 Å². The summed E-state index contributed by atoms with van der Waals surface area (Å²) in [4.78, 5) is 4.02. The van der Waals surface area contributed by atoms with Crippen LogP contribution in [0.25, 0.3) is 0 Å². The quantitative estimate of drug-likeness (QED) is 0.840. The number of aliphatic hydroxyl groups excluding tert-OH is 1. The molecule has 2 aromatic rings. The average Bonchev–Trinajstić information content (AvgIpc) is 2.39.